The second-order valence-corrected chi connectivity index (χ2v) is 8.27. The third-order valence-corrected chi connectivity index (χ3v) is 5.76. The molecule has 7 nitrogen and oxygen atoms in total. The molecule has 1 heterocycles. The first-order valence-electron chi connectivity index (χ1n) is 11.7. The van der Waals surface area contributed by atoms with E-state index in [1.807, 2.05) is 72.8 Å². The van der Waals surface area contributed by atoms with E-state index in [1.165, 1.54) is 5.56 Å². The molecule has 4 aromatic rings. The minimum Gasteiger partial charge on any atom is -0.384 e. The smallest absolute Gasteiger partial charge is 0.277 e. The molecule has 0 fully saturated rings. The first-order valence-corrected chi connectivity index (χ1v) is 11.7. The van der Waals surface area contributed by atoms with Crippen LogP contribution in [0.25, 0.3) is 11.4 Å². The zero-order valence-electron chi connectivity index (χ0n) is 20.0. The van der Waals surface area contributed by atoms with Crippen LogP contribution < -0.4 is 21.9 Å². The fraction of sp³-hybridized carbons (Fsp3) is 0.179. The van der Waals surface area contributed by atoms with E-state index < -0.39 is 0 Å². The Morgan fingerprint density at radius 2 is 1.56 bits per heavy atom. The van der Waals surface area contributed by atoms with Crippen LogP contribution in [0.15, 0.2) is 95.9 Å². The summed E-state index contributed by atoms with van der Waals surface area (Å²) in [6, 6.07) is 27.5. The number of aromatic nitrogens is 2. The van der Waals surface area contributed by atoms with Crippen molar-refractivity contribution in [3.05, 3.63) is 118 Å². The molecule has 3 aromatic carbocycles. The molecule has 0 spiro atoms. The number of nitrogens with two attached hydrogens (primary N) is 1. The van der Waals surface area contributed by atoms with Crippen molar-refractivity contribution in [3.8, 4) is 11.4 Å². The average Bonchev–Trinajstić information content (AvgIpc) is 2.89. The Balaban J connectivity index is 0.00000361. The maximum atomic E-state index is 13.4. The number of benzene rings is 3. The van der Waals surface area contributed by atoms with E-state index in [2.05, 4.69) is 27.8 Å². The highest BCUT2D eigenvalue weighted by Gasteiger charge is 2.12. The van der Waals surface area contributed by atoms with Gasteiger partial charge in [0, 0.05) is 37.3 Å². The fourth-order valence-corrected chi connectivity index (χ4v) is 3.85. The van der Waals surface area contributed by atoms with Crippen LogP contribution in [0.1, 0.15) is 16.7 Å². The standard InChI is InChI=1S/C28H30N6O.ClH/c29-26(30)23-13-11-22(12-14-23)19-31-17-18-34-27(24-9-5-2-6-10-24)33-20-25(28(34)35)32-16-15-21-7-3-1-4-8-21;/h1-14,20,31-32H,15-19H2,(H3,29,30);1H. The SMILES string of the molecule is Cl.N=C(N)c1ccc(CNCCn2c(-c3ccccc3)ncc(NCCc3ccccc3)c2=O)cc1. The number of nitrogen functional groups attached to an aromatic ring is 1. The number of halogens is 1. The van der Waals surface area contributed by atoms with Gasteiger partial charge in [-0.25, -0.2) is 4.98 Å². The van der Waals surface area contributed by atoms with Crippen molar-refractivity contribution in [2.75, 3.05) is 18.4 Å². The number of hydrogen-bond donors (Lipinski definition) is 4. The second-order valence-electron chi connectivity index (χ2n) is 8.27. The zero-order chi connectivity index (χ0) is 24.5. The van der Waals surface area contributed by atoms with Gasteiger partial charge in [0.2, 0.25) is 0 Å². The number of amidine groups is 1. The summed E-state index contributed by atoms with van der Waals surface area (Å²) < 4.78 is 1.73. The summed E-state index contributed by atoms with van der Waals surface area (Å²) in [6.45, 7) is 2.38. The first kappa shape index (κ1) is 26.7. The van der Waals surface area contributed by atoms with E-state index in [-0.39, 0.29) is 23.8 Å². The van der Waals surface area contributed by atoms with Gasteiger partial charge >= 0.3 is 0 Å². The lowest BCUT2D eigenvalue weighted by atomic mass is 10.1. The number of nitrogens with one attached hydrogen (secondary N) is 3. The molecular formula is C28H31ClN6O. The fourth-order valence-electron chi connectivity index (χ4n) is 3.85. The maximum Gasteiger partial charge on any atom is 0.277 e. The summed E-state index contributed by atoms with van der Waals surface area (Å²) in [5.74, 6) is 0.707. The van der Waals surface area contributed by atoms with Gasteiger partial charge in [0.15, 0.2) is 0 Å². The van der Waals surface area contributed by atoms with Gasteiger partial charge in [-0.15, -0.1) is 12.4 Å². The summed E-state index contributed by atoms with van der Waals surface area (Å²) in [7, 11) is 0. The lowest BCUT2D eigenvalue weighted by Gasteiger charge is -2.15. The Bertz CT molecular complexity index is 1310. The molecule has 5 N–H and O–H groups in total. The first-order chi connectivity index (χ1) is 17.1. The largest absolute Gasteiger partial charge is 0.384 e. The van der Waals surface area contributed by atoms with Gasteiger partial charge in [0.05, 0.1) is 6.20 Å². The molecule has 0 atom stereocenters. The van der Waals surface area contributed by atoms with E-state index in [0.29, 0.717) is 43.3 Å². The number of rotatable bonds is 11. The third-order valence-electron chi connectivity index (χ3n) is 5.76. The molecule has 0 radical (unpaired) electrons. The molecule has 0 saturated carbocycles. The zero-order valence-corrected chi connectivity index (χ0v) is 20.8. The van der Waals surface area contributed by atoms with Crippen molar-refractivity contribution in [1.29, 1.82) is 5.41 Å². The van der Waals surface area contributed by atoms with Crippen LogP contribution in [-0.4, -0.2) is 28.5 Å². The van der Waals surface area contributed by atoms with Gasteiger partial charge in [-0.3, -0.25) is 14.8 Å². The van der Waals surface area contributed by atoms with Crippen LogP contribution >= 0.6 is 12.4 Å². The van der Waals surface area contributed by atoms with E-state index in [1.54, 1.807) is 10.8 Å². The quantitative estimate of drug-likeness (QED) is 0.140. The third kappa shape index (κ3) is 7.04. The summed E-state index contributed by atoms with van der Waals surface area (Å²) in [6.07, 6.45) is 2.46. The topological polar surface area (TPSA) is 109 Å². The van der Waals surface area contributed by atoms with E-state index >= 15 is 0 Å². The molecule has 8 heteroatoms. The normalized spacial score (nSPS) is 10.4. The Hall–Kier alpha value is -3.94. The lowest BCUT2D eigenvalue weighted by molar-refractivity contribution is 0.584. The molecule has 0 aliphatic rings. The molecule has 0 aliphatic heterocycles. The van der Waals surface area contributed by atoms with E-state index in [0.717, 1.165) is 17.5 Å². The van der Waals surface area contributed by atoms with Gasteiger partial charge in [-0.05, 0) is 17.5 Å². The number of nitrogens with zero attached hydrogens (tertiary/aromatic N) is 2. The monoisotopic (exact) mass is 502 g/mol. The molecule has 0 amide bonds. The van der Waals surface area contributed by atoms with Gasteiger partial charge < -0.3 is 16.4 Å². The molecule has 0 bridgehead atoms. The average molecular weight is 503 g/mol. The van der Waals surface area contributed by atoms with Crippen molar-refractivity contribution >= 4 is 23.9 Å². The highest BCUT2D eigenvalue weighted by atomic mass is 35.5. The van der Waals surface area contributed by atoms with E-state index in [9.17, 15) is 4.79 Å². The van der Waals surface area contributed by atoms with Crippen LogP contribution in [0, 0.1) is 5.41 Å². The number of hydrogen-bond acceptors (Lipinski definition) is 5. The highest BCUT2D eigenvalue weighted by Crippen LogP contribution is 2.16. The van der Waals surface area contributed by atoms with Crippen molar-refractivity contribution in [3.63, 3.8) is 0 Å². The number of anilines is 1. The Morgan fingerprint density at radius 1 is 0.889 bits per heavy atom. The van der Waals surface area contributed by atoms with Gasteiger partial charge in [0.1, 0.15) is 17.3 Å². The molecule has 0 unspecified atom stereocenters. The minimum atomic E-state index is -0.0838. The van der Waals surface area contributed by atoms with Crippen LogP contribution in [0.2, 0.25) is 0 Å². The van der Waals surface area contributed by atoms with Gasteiger partial charge in [-0.1, -0.05) is 84.9 Å². The molecule has 0 aliphatic carbocycles. The van der Waals surface area contributed by atoms with Crippen molar-refractivity contribution in [2.24, 2.45) is 5.73 Å². The van der Waals surface area contributed by atoms with Gasteiger partial charge in [-0.2, -0.15) is 0 Å². The second kappa shape index (κ2) is 13.2. The van der Waals surface area contributed by atoms with Crippen LogP contribution in [0.4, 0.5) is 5.69 Å². The van der Waals surface area contributed by atoms with Crippen LogP contribution in [-0.2, 0) is 19.5 Å². The van der Waals surface area contributed by atoms with E-state index in [4.69, 9.17) is 11.1 Å². The highest BCUT2D eigenvalue weighted by molar-refractivity contribution is 5.94. The summed E-state index contributed by atoms with van der Waals surface area (Å²) in [5, 5.41) is 14.2. The maximum absolute atomic E-state index is 13.4. The Kier molecular flexibility index (Phi) is 9.80. The summed E-state index contributed by atoms with van der Waals surface area (Å²) in [5.41, 5.74) is 9.85. The molecule has 186 valence electrons. The molecule has 0 saturated heterocycles. The summed E-state index contributed by atoms with van der Waals surface area (Å²) >= 11 is 0. The Morgan fingerprint density at radius 3 is 2.22 bits per heavy atom. The van der Waals surface area contributed by atoms with Gasteiger partial charge in [0.25, 0.3) is 5.56 Å². The van der Waals surface area contributed by atoms with Crippen LogP contribution in [0.5, 0.6) is 0 Å². The molecular weight excluding hydrogens is 472 g/mol. The molecule has 4 rings (SSSR count). The van der Waals surface area contributed by atoms with Crippen molar-refractivity contribution in [1.82, 2.24) is 14.9 Å². The van der Waals surface area contributed by atoms with Crippen molar-refractivity contribution in [2.45, 2.75) is 19.5 Å². The predicted molar refractivity (Wildman–Crippen MR) is 149 cm³/mol. The predicted octanol–water partition coefficient (Wildman–Crippen LogP) is 4.06. The van der Waals surface area contributed by atoms with Crippen LogP contribution in [0.3, 0.4) is 0 Å². The molecule has 36 heavy (non-hydrogen) atoms. The minimum absolute atomic E-state index is 0. The lowest BCUT2D eigenvalue weighted by Crippen LogP contribution is -2.30. The molecule has 1 aromatic heterocycles. The van der Waals surface area contributed by atoms with Crippen molar-refractivity contribution < 1.29 is 0 Å². The Labute approximate surface area is 217 Å². The summed E-state index contributed by atoms with van der Waals surface area (Å²) in [4.78, 5) is 18.0.